The number of anilines is 1. The van der Waals surface area contributed by atoms with Gasteiger partial charge < -0.3 is 14.3 Å². The molecule has 2 N–H and O–H groups in total. The van der Waals surface area contributed by atoms with E-state index in [1.807, 2.05) is 24.3 Å². The Morgan fingerprint density at radius 2 is 1.74 bits per heavy atom. The minimum Gasteiger partial charge on any atom is -0.467 e. The van der Waals surface area contributed by atoms with Crippen molar-refractivity contribution in [3.8, 4) is 0 Å². The van der Waals surface area contributed by atoms with Gasteiger partial charge in [-0.15, -0.1) is 0 Å². The number of aromatic nitrogens is 1. The molecule has 1 fully saturated rings. The van der Waals surface area contributed by atoms with Gasteiger partial charge in [-0.2, -0.15) is 0 Å². The summed E-state index contributed by atoms with van der Waals surface area (Å²) in [6.45, 7) is 0.291. The third kappa shape index (κ3) is 4.34. The number of nitrogens with zero attached hydrogens (tertiary/aromatic N) is 2. The Morgan fingerprint density at radius 3 is 2.51 bits per heavy atom. The molecule has 2 aromatic carbocycles. The predicted octanol–water partition coefficient (Wildman–Crippen LogP) is 3.22. The molecule has 0 bridgehead atoms. The number of fused-ring (bicyclic) bond motifs is 1. The van der Waals surface area contributed by atoms with Crippen LogP contribution in [0.4, 0.5) is 10.5 Å². The van der Waals surface area contributed by atoms with E-state index in [0.29, 0.717) is 17.0 Å². The Balaban J connectivity index is 1.46. The number of amides is 5. The highest BCUT2D eigenvalue weighted by Crippen LogP contribution is 2.26. The second kappa shape index (κ2) is 9.14. The summed E-state index contributed by atoms with van der Waals surface area (Å²) < 4.78 is 6.97. The van der Waals surface area contributed by atoms with Crippen molar-refractivity contribution in [3.63, 3.8) is 0 Å². The van der Waals surface area contributed by atoms with Crippen LogP contribution in [0.5, 0.6) is 0 Å². The van der Waals surface area contributed by atoms with E-state index >= 15 is 0 Å². The van der Waals surface area contributed by atoms with Crippen molar-refractivity contribution in [2.45, 2.75) is 13.1 Å². The monoisotopic (exact) mass is 468 g/mol. The van der Waals surface area contributed by atoms with E-state index in [-0.39, 0.29) is 24.6 Å². The molecule has 0 unspecified atom stereocenters. The molecule has 3 heterocycles. The van der Waals surface area contributed by atoms with Crippen molar-refractivity contribution < 1.29 is 23.6 Å². The fraction of sp³-hybridized carbons (Fsp3) is 0.0769. The summed E-state index contributed by atoms with van der Waals surface area (Å²) in [4.78, 5) is 51.6. The number of imide groups is 2. The standard InChI is InChI=1S/C26H20N4O5/c31-23(27-14-19-9-6-12-35-19)16-29-15-17(20-10-4-5-11-22(20)29)13-21-24(32)28-26(34)30(25(21)33)18-7-2-1-3-8-18/h1-13,15H,14,16H2,(H,27,31)(H,28,32,34)/b21-13+. The van der Waals surface area contributed by atoms with Gasteiger partial charge in [-0.25, -0.2) is 9.69 Å². The molecular formula is C26H20N4O5. The van der Waals surface area contributed by atoms with E-state index in [1.54, 1.807) is 53.2 Å². The number of rotatable bonds is 6. The lowest BCUT2D eigenvalue weighted by Crippen LogP contribution is -2.54. The van der Waals surface area contributed by atoms with Gasteiger partial charge in [0, 0.05) is 22.7 Å². The second-order valence-corrected chi connectivity index (χ2v) is 7.88. The average Bonchev–Trinajstić information content (AvgIpc) is 3.49. The van der Waals surface area contributed by atoms with Gasteiger partial charge in [0.15, 0.2) is 0 Å². The van der Waals surface area contributed by atoms with Crippen LogP contribution in [0.15, 0.2) is 89.2 Å². The van der Waals surface area contributed by atoms with Crippen molar-refractivity contribution in [2.24, 2.45) is 0 Å². The highest BCUT2D eigenvalue weighted by molar-refractivity contribution is 6.39. The van der Waals surface area contributed by atoms with Gasteiger partial charge in [-0.05, 0) is 36.4 Å². The van der Waals surface area contributed by atoms with Crippen LogP contribution in [-0.4, -0.2) is 28.3 Å². The Kier molecular flexibility index (Phi) is 5.72. The van der Waals surface area contributed by atoms with Gasteiger partial charge >= 0.3 is 6.03 Å². The SMILES string of the molecule is O=C(Cn1cc(/C=C2\C(=O)NC(=O)N(c3ccccc3)C2=O)c2ccccc21)NCc1ccco1. The quantitative estimate of drug-likeness (QED) is 0.333. The molecule has 1 saturated heterocycles. The molecule has 9 heteroatoms. The molecule has 1 aliphatic rings. The average molecular weight is 468 g/mol. The molecule has 0 aliphatic carbocycles. The molecule has 2 aromatic heterocycles. The van der Waals surface area contributed by atoms with Crippen LogP contribution < -0.4 is 15.5 Å². The zero-order chi connectivity index (χ0) is 24.4. The smallest absolute Gasteiger partial charge is 0.335 e. The molecule has 35 heavy (non-hydrogen) atoms. The fourth-order valence-corrected chi connectivity index (χ4v) is 3.96. The van der Waals surface area contributed by atoms with Crippen LogP contribution >= 0.6 is 0 Å². The minimum absolute atomic E-state index is 0.0269. The highest BCUT2D eigenvalue weighted by Gasteiger charge is 2.36. The van der Waals surface area contributed by atoms with E-state index in [1.165, 1.54) is 12.3 Å². The lowest BCUT2D eigenvalue weighted by Gasteiger charge is -2.26. The molecule has 4 aromatic rings. The molecule has 174 valence electrons. The topological polar surface area (TPSA) is 114 Å². The minimum atomic E-state index is -0.806. The number of barbiturate groups is 1. The zero-order valence-electron chi connectivity index (χ0n) is 18.4. The number of nitrogens with one attached hydrogen (secondary N) is 2. The number of hydrogen-bond donors (Lipinski definition) is 2. The Hall–Kier alpha value is -4.92. The summed E-state index contributed by atoms with van der Waals surface area (Å²) in [5.74, 6) is -1.09. The Morgan fingerprint density at radius 1 is 0.971 bits per heavy atom. The van der Waals surface area contributed by atoms with E-state index in [0.717, 1.165) is 15.8 Å². The third-order valence-electron chi connectivity index (χ3n) is 5.59. The van der Waals surface area contributed by atoms with Crippen molar-refractivity contribution in [1.82, 2.24) is 15.2 Å². The summed E-state index contributed by atoms with van der Waals surface area (Å²) in [5.41, 5.74) is 1.50. The highest BCUT2D eigenvalue weighted by atomic mass is 16.3. The second-order valence-electron chi connectivity index (χ2n) is 7.88. The number of carbonyl (C=O) groups is 4. The lowest BCUT2D eigenvalue weighted by atomic mass is 10.1. The van der Waals surface area contributed by atoms with E-state index in [2.05, 4.69) is 10.6 Å². The molecule has 0 spiro atoms. The maximum atomic E-state index is 13.2. The van der Waals surface area contributed by atoms with Crippen molar-refractivity contribution in [3.05, 3.63) is 96.1 Å². The zero-order valence-corrected chi connectivity index (χ0v) is 18.4. The van der Waals surface area contributed by atoms with Gasteiger partial charge in [0.05, 0.1) is 18.5 Å². The molecule has 0 radical (unpaired) electrons. The van der Waals surface area contributed by atoms with Gasteiger partial charge in [-0.1, -0.05) is 36.4 Å². The maximum absolute atomic E-state index is 13.2. The van der Waals surface area contributed by atoms with E-state index < -0.39 is 17.8 Å². The summed E-state index contributed by atoms with van der Waals surface area (Å²) in [6, 6.07) is 18.4. The summed E-state index contributed by atoms with van der Waals surface area (Å²) in [6.07, 6.45) is 4.68. The molecule has 0 atom stereocenters. The summed E-state index contributed by atoms with van der Waals surface area (Å²) >= 11 is 0. The van der Waals surface area contributed by atoms with Gasteiger partial charge in [0.2, 0.25) is 5.91 Å². The third-order valence-corrected chi connectivity index (χ3v) is 5.59. The Bertz CT molecular complexity index is 1470. The first-order chi connectivity index (χ1) is 17.0. The first kappa shape index (κ1) is 21.9. The van der Waals surface area contributed by atoms with Crippen molar-refractivity contribution >= 4 is 46.4 Å². The van der Waals surface area contributed by atoms with Crippen LogP contribution in [0.2, 0.25) is 0 Å². The molecule has 9 nitrogen and oxygen atoms in total. The molecule has 1 aliphatic heterocycles. The number of para-hydroxylation sites is 2. The summed E-state index contributed by atoms with van der Waals surface area (Å²) in [7, 11) is 0. The lowest BCUT2D eigenvalue weighted by molar-refractivity contribution is -0.123. The van der Waals surface area contributed by atoms with Crippen LogP contribution in [0, 0.1) is 0 Å². The van der Waals surface area contributed by atoms with Crippen LogP contribution in [0.1, 0.15) is 11.3 Å². The Labute approximate surface area is 199 Å². The van der Waals surface area contributed by atoms with Gasteiger partial charge in [-0.3, -0.25) is 19.7 Å². The first-order valence-electron chi connectivity index (χ1n) is 10.8. The van der Waals surface area contributed by atoms with Crippen molar-refractivity contribution in [1.29, 1.82) is 0 Å². The largest absolute Gasteiger partial charge is 0.467 e. The number of urea groups is 1. The van der Waals surface area contributed by atoms with Gasteiger partial charge in [0.25, 0.3) is 11.8 Å². The van der Waals surface area contributed by atoms with Crippen molar-refractivity contribution in [2.75, 3.05) is 4.90 Å². The number of hydrogen-bond acceptors (Lipinski definition) is 5. The molecule has 0 saturated carbocycles. The molecular weight excluding hydrogens is 448 g/mol. The number of carbonyl (C=O) groups excluding carboxylic acids is 4. The fourth-order valence-electron chi connectivity index (χ4n) is 3.96. The molecule has 5 amide bonds. The van der Waals surface area contributed by atoms with E-state index in [4.69, 9.17) is 4.42 Å². The predicted molar refractivity (Wildman–Crippen MR) is 128 cm³/mol. The van der Waals surface area contributed by atoms with Gasteiger partial charge in [0.1, 0.15) is 17.9 Å². The normalized spacial score (nSPS) is 15.0. The number of benzene rings is 2. The number of furan rings is 1. The van der Waals surface area contributed by atoms with Crippen LogP contribution in [0.3, 0.4) is 0 Å². The van der Waals surface area contributed by atoms with E-state index in [9.17, 15) is 19.2 Å². The maximum Gasteiger partial charge on any atom is 0.335 e. The van der Waals surface area contributed by atoms with Crippen LogP contribution in [-0.2, 0) is 27.5 Å². The first-order valence-corrected chi connectivity index (χ1v) is 10.8. The van der Waals surface area contributed by atoms with Crippen LogP contribution in [0.25, 0.3) is 17.0 Å². The summed E-state index contributed by atoms with van der Waals surface area (Å²) in [5, 5.41) is 5.78. The molecule has 5 rings (SSSR count).